The molecule has 0 radical (unpaired) electrons. The number of halogens is 1. The van der Waals surface area contributed by atoms with Crippen molar-refractivity contribution in [3.05, 3.63) is 124 Å². The molecule has 0 aliphatic carbocycles. The van der Waals surface area contributed by atoms with Crippen molar-refractivity contribution in [1.82, 2.24) is 4.90 Å². The van der Waals surface area contributed by atoms with Crippen molar-refractivity contribution in [2.24, 2.45) is 0 Å². The van der Waals surface area contributed by atoms with E-state index in [-0.39, 0.29) is 31.6 Å². The van der Waals surface area contributed by atoms with E-state index < -0.39 is 6.04 Å². The van der Waals surface area contributed by atoms with Gasteiger partial charge in [0.2, 0.25) is 12.7 Å². The van der Waals surface area contributed by atoms with Gasteiger partial charge in [-0.2, -0.15) is 0 Å². The predicted molar refractivity (Wildman–Crippen MR) is 157 cm³/mol. The summed E-state index contributed by atoms with van der Waals surface area (Å²) in [6.45, 7) is 4.61. The normalized spacial score (nSPS) is 12.7. The van der Waals surface area contributed by atoms with E-state index in [1.165, 1.54) is 0 Å². The number of ether oxygens (including phenoxy) is 2. The summed E-state index contributed by atoms with van der Waals surface area (Å²) < 4.78 is 10.9. The summed E-state index contributed by atoms with van der Waals surface area (Å²) in [6.07, 6.45) is 0.159. The van der Waals surface area contributed by atoms with Crippen LogP contribution in [0.2, 0.25) is 5.02 Å². The predicted octanol–water partition coefficient (Wildman–Crippen LogP) is 7.14. The fraction of sp³-hybridized carbons (Fsp3) is 0.212. The van der Waals surface area contributed by atoms with E-state index in [1.807, 2.05) is 66.7 Å². The van der Waals surface area contributed by atoms with Crippen LogP contribution in [0.25, 0.3) is 0 Å². The van der Waals surface area contributed by atoms with Gasteiger partial charge >= 0.3 is 0 Å². The van der Waals surface area contributed by atoms with Crippen LogP contribution in [0.5, 0.6) is 11.5 Å². The van der Waals surface area contributed by atoms with Crippen molar-refractivity contribution < 1.29 is 19.1 Å². The summed E-state index contributed by atoms with van der Waals surface area (Å²) in [5.74, 6) is 1.03. The highest BCUT2D eigenvalue weighted by molar-refractivity contribution is 6.30. The molecular formula is C33H31ClN2O4. The molecule has 6 nitrogen and oxygen atoms in total. The second-order valence-corrected chi connectivity index (χ2v) is 10.5. The summed E-state index contributed by atoms with van der Waals surface area (Å²) >= 11 is 6.13. The molecule has 5 rings (SSSR count). The molecule has 0 saturated heterocycles. The molecule has 1 N–H and O–H groups in total. The van der Waals surface area contributed by atoms with Gasteiger partial charge in [0.15, 0.2) is 11.5 Å². The van der Waals surface area contributed by atoms with Crippen molar-refractivity contribution in [2.45, 2.75) is 38.8 Å². The SMILES string of the molecule is CC(C)c1ccc(C(C(=O)Nc2ccc3c(c2)OCO3)N(Cc2ccc(Cl)cc2)C(=O)Cc2ccccc2)cc1. The first-order valence-electron chi connectivity index (χ1n) is 13.3. The van der Waals surface area contributed by atoms with Crippen LogP contribution in [0.1, 0.15) is 48.1 Å². The van der Waals surface area contributed by atoms with Crippen molar-refractivity contribution in [3.63, 3.8) is 0 Å². The van der Waals surface area contributed by atoms with Gasteiger partial charge < -0.3 is 19.7 Å². The Morgan fingerprint density at radius 3 is 2.20 bits per heavy atom. The highest BCUT2D eigenvalue weighted by Gasteiger charge is 2.32. The first kappa shape index (κ1) is 27.3. The summed E-state index contributed by atoms with van der Waals surface area (Å²) in [7, 11) is 0. The summed E-state index contributed by atoms with van der Waals surface area (Å²) in [5, 5.41) is 3.62. The number of hydrogen-bond donors (Lipinski definition) is 1. The highest BCUT2D eigenvalue weighted by atomic mass is 35.5. The monoisotopic (exact) mass is 554 g/mol. The van der Waals surface area contributed by atoms with Crippen LogP contribution in [0, 0.1) is 0 Å². The molecule has 7 heteroatoms. The van der Waals surface area contributed by atoms with E-state index in [9.17, 15) is 9.59 Å². The van der Waals surface area contributed by atoms with Gasteiger partial charge in [-0.05, 0) is 52.4 Å². The number of nitrogens with one attached hydrogen (secondary N) is 1. The Kier molecular flexibility index (Phi) is 8.37. The molecule has 0 spiro atoms. The summed E-state index contributed by atoms with van der Waals surface area (Å²) in [5.41, 5.74) is 4.17. The molecule has 4 aromatic carbocycles. The van der Waals surface area contributed by atoms with Crippen LogP contribution in [-0.2, 0) is 22.6 Å². The minimum atomic E-state index is -0.890. The van der Waals surface area contributed by atoms with Gasteiger partial charge in [-0.3, -0.25) is 9.59 Å². The molecule has 0 saturated carbocycles. The second kappa shape index (κ2) is 12.3. The molecule has 1 heterocycles. The number of nitrogens with zero attached hydrogens (tertiary/aromatic N) is 1. The molecule has 0 fully saturated rings. The van der Waals surface area contributed by atoms with Gasteiger partial charge in [-0.15, -0.1) is 0 Å². The van der Waals surface area contributed by atoms with Crippen molar-refractivity contribution in [3.8, 4) is 11.5 Å². The lowest BCUT2D eigenvalue weighted by Gasteiger charge is -2.32. The molecular weight excluding hydrogens is 524 g/mol. The number of anilines is 1. The lowest BCUT2D eigenvalue weighted by Crippen LogP contribution is -2.41. The Balaban J connectivity index is 1.53. The van der Waals surface area contributed by atoms with Crippen molar-refractivity contribution >= 4 is 29.1 Å². The van der Waals surface area contributed by atoms with E-state index in [2.05, 4.69) is 19.2 Å². The Morgan fingerprint density at radius 2 is 1.50 bits per heavy atom. The number of carbonyl (C=O) groups excluding carboxylic acids is 2. The molecule has 1 atom stereocenters. The molecule has 204 valence electrons. The van der Waals surface area contributed by atoms with E-state index in [1.54, 1.807) is 35.2 Å². The standard InChI is InChI=1S/C33H31ClN2O4/c1-22(2)25-10-12-26(13-11-25)32(33(38)35-28-16-17-29-30(19-28)40-21-39-29)36(20-24-8-14-27(34)15-9-24)31(37)18-23-6-4-3-5-7-23/h3-17,19,22,32H,18,20-21H2,1-2H3,(H,35,38). The topological polar surface area (TPSA) is 67.9 Å². The number of fused-ring (bicyclic) bond motifs is 1. The smallest absolute Gasteiger partial charge is 0.251 e. The minimum absolute atomic E-state index is 0.139. The zero-order valence-corrected chi connectivity index (χ0v) is 23.2. The number of hydrogen-bond acceptors (Lipinski definition) is 4. The van der Waals surface area contributed by atoms with Crippen LogP contribution >= 0.6 is 11.6 Å². The van der Waals surface area contributed by atoms with E-state index >= 15 is 0 Å². The molecule has 0 bridgehead atoms. The number of benzene rings is 4. The van der Waals surface area contributed by atoms with Gasteiger partial charge in [-0.25, -0.2) is 0 Å². The average molecular weight is 555 g/mol. The number of amides is 2. The molecule has 1 aliphatic rings. The van der Waals surface area contributed by atoms with Gasteiger partial charge in [0.25, 0.3) is 5.91 Å². The zero-order chi connectivity index (χ0) is 28.1. The van der Waals surface area contributed by atoms with Crippen LogP contribution in [-0.4, -0.2) is 23.5 Å². The lowest BCUT2D eigenvalue weighted by atomic mass is 9.97. The van der Waals surface area contributed by atoms with Gasteiger partial charge in [0.05, 0.1) is 6.42 Å². The molecule has 4 aromatic rings. The minimum Gasteiger partial charge on any atom is -0.454 e. The molecule has 2 amide bonds. The lowest BCUT2D eigenvalue weighted by molar-refractivity contribution is -0.139. The second-order valence-electron chi connectivity index (χ2n) is 10.1. The van der Waals surface area contributed by atoms with E-state index in [0.29, 0.717) is 28.1 Å². The Labute approximate surface area is 239 Å². The fourth-order valence-corrected chi connectivity index (χ4v) is 4.83. The third-order valence-corrected chi connectivity index (χ3v) is 7.16. The van der Waals surface area contributed by atoms with Gasteiger partial charge in [-0.1, -0.05) is 92.2 Å². The maximum atomic E-state index is 14.1. The van der Waals surface area contributed by atoms with Gasteiger partial charge in [0.1, 0.15) is 6.04 Å². The third-order valence-electron chi connectivity index (χ3n) is 6.90. The van der Waals surface area contributed by atoms with Crippen LogP contribution in [0.3, 0.4) is 0 Å². The van der Waals surface area contributed by atoms with Crippen LogP contribution < -0.4 is 14.8 Å². The Hall–Kier alpha value is -4.29. The van der Waals surface area contributed by atoms with Crippen LogP contribution in [0.15, 0.2) is 97.1 Å². The maximum Gasteiger partial charge on any atom is 0.251 e. The average Bonchev–Trinajstić information content (AvgIpc) is 3.42. The number of rotatable bonds is 9. The fourth-order valence-electron chi connectivity index (χ4n) is 4.70. The highest BCUT2D eigenvalue weighted by Crippen LogP contribution is 2.35. The molecule has 40 heavy (non-hydrogen) atoms. The Morgan fingerprint density at radius 1 is 0.825 bits per heavy atom. The van der Waals surface area contributed by atoms with E-state index in [4.69, 9.17) is 21.1 Å². The quantitative estimate of drug-likeness (QED) is 0.239. The van der Waals surface area contributed by atoms with Gasteiger partial charge in [0, 0.05) is 23.3 Å². The van der Waals surface area contributed by atoms with Crippen molar-refractivity contribution in [2.75, 3.05) is 12.1 Å². The van der Waals surface area contributed by atoms with Crippen molar-refractivity contribution in [1.29, 1.82) is 0 Å². The zero-order valence-electron chi connectivity index (χ0n) is 22.5. The molecule has 0 aromatic heterocycles. The van der Waals surface area contributed by atoms with Crippen LogP contribution in [0.4, 0.5) is 5.69 Å². The largest absolute Gasteiger partial charge is 0.454 e. The summed E-state index contributed by atoms with van der Waals surface area (Å²) in [4.78, 5) is 29.7. The van der Waals surface area contributed by atoms with E-state index in [0.717, 1.165) is 22.3 Å². The maximum absolute atomic E-state index is 14.1. The number of carbonyl (C=O) groups is 2. The first-order valence-corrected chi connectivity index (χ1v) is 13.6. The third kappa shape index (κ3) is 6.46. The molecule has 1 unspecified atom stereocenters. The molecule has 1 aliphatic heterocycles. The Bertz CT molecular complexity index is 1470. The first-order chi connectivity index (χ1) is 19.4. The summed E-state index contributed by atoms with van der Waals surface area (Å²) in [6, 6.07) is 29.1.